The van der Waals surface area contributed by atoms with Crippen LogP contribution in [0.5, 0.6) is 0 Å². The molecule has 2 aliphatic heterocycles. The average molecular weight is 428 g/mol. The van der Waals surface area contributed by atoms with Gasteiger partial charge in [0.1, 0.15) is 30.5 Å². The number of hydrogen-bond donors (Lipinski definition) is 5. The fourth-order valence-electron chi connectivity index (χ4n) is 4.39. The third-order valence-corrected chi connectivity index (χ3v) is 6.33. The number of ether oxygens (including phenoxy) is 3. The molecule has 2 fully saturated rings. The van der Waals surface area contributed by atoms with Crippen molar-refractivity contribution in [2.75, 3.05) is 6.61 Å². The van der Waals surface area contributed by atoms with Gasteiger partial charge in [0.2, 0.25) is 0 Å². The Balaban J connectivity index is 1.83. The van der Waals surface area contributed by atoms with Crippen LogP contribution in [0.3, 0.4) is 0 Å². The van der Waals surface area contributed by atoms with Gasteiger partial charge < -0.3 is 39.7 Å². The van der Waals surface area contributed by atoms with Crippen molar-refractivity contribution in [1.82, 2.24) is 0 Å². The van der Waals surface area contributed by atoms with E-state index in [1.165, 1.54) is 0 Å². The van der Waals surface area contributed by atoms with Gasteiger partial charge in [-0.1, -0.05) is 24.6 Å². The molecule has 9 heteroatoms. The zero-order chi connectivity index (χ0) is 22.2. The Morgan fingerprint density at radius 1 is 1.13 bits per heavy atom. The summed E-state index contributed by atoms with van der Waals surface area (Å²) in [7, 11) is 0. The Bertz CT molecular complexity index is 688. The van der Waals surface area contributed by atoms with E-state index in [0.29, 0.717) is 18.4 Å². The summed E-state index contributed by atoms with van der Waals surface area (Å²) in [6.07, 6.45) is -4.30. The van der Waals surface area contributed by atoms with E-state index in [4.69, 9.17) is 14.2 Å². The maximum absolute atomic E-state index is 12.0. The first-order valence-corrected chi connectivity index (χ1v) is 10.3. The van der Waals surface area contributed by atoms with Crippen LogP contribution in [-0.2, 0) is 19.0 Å². The Morgan fingerprint density at radius 2 is 1.83 bits per heavy atom. The summed E-state index contributed by atoms with van der Waals surface area (Å²) < 4.78 is 16.8. The summed E-state index contributed by atoms with van der Waals surface area (Å²) in [6.45, 7) is 4.87. The number of carbonyl (C=O) groups is 1. The molecule has 0 radical (unpaired) electrons. The minimum atomic E-state index is -1.53. The maximum atomic E-state index is 12.0. The molecule has 0 aromatic carbocycles. The van der Waals surface area contributed by atoms with E-state index in [1.807, 2.05) is 13.0 Å². The summed E-state index contributed by atoms with van der Waals surface area (Å²) in [6, 6.07) is 0. The van der Waals surface area contributed by atoms with Crippen molar-refractivity contribution in [3.05, 3.63) is 23.3 Å². The largest absolute Gasteiger partial charge is 0.461 e. The number of rotatable bonds is 3. The fraction of sp³-hybridized carbons (Fsp3) is 0.762. The average Bonchev–Trinajstić information content (AvgIpc) is 2.97. The highest BCUT2D eigenvalue weighted by Crippen LogP contribution is 2.36. The van der Waals surface area contributed by atoms with Crippen LogP contribution in [0.2, 0.25) is 0 Å². The molecule has 0 spiro atoms. The molecule has 0 amide bonds. The molecule has 10 atom stereocenters. The van der Waals surface area contributed by atoms with Gasteiger partial charge in [0.15, 0.2) is 6.29 Å². The minimum Gasteiger partial charge on any atom is -0.461 e. The molecule has 10 unspecified atom stereocenters. The Morgan fingerprint density at radius 3 is 2.50 bits per heavy atom. The monoisotopic (exact) mass is 428 g/mol. The van der Waals surface area contributed by atoms with Crippen molar-refractivity contribution < 1.29 is 44.5 Å². The van der Waals surface area contributed by atoms with E-state index in [1.54, 1.807) is 19.9 Å². The van der Waals surface area contributed by atoms with E-state index in [0.717, 1.165) is 5.57 Å². The highest BCUT2D eigenvalue weighted by Gasteiger charge is 2.47. The third kappa shape index (κ3) is 4.62. The van der Waals surface area contributed by atoms with Crippen LogP contribution in [0.1, 0.15) is 33.6 Å². The molecule has 30 heavy (non-hydrogen) atoms. The van der Waals surface area contributed by atoms with Crippen molar-refractivity contribution in [2.24, 2.45) is 11.8 Å². The van der Waals surface area contributed by atoms with Gasteiger partial charge in [0.25, 0.3) is 0 Å². The normalized spacial score (nSPS) is 45.3. The molecule has 3 rings (SSSR count). The van der Waals surface area contributed by atoms with Crippen LogP contribution in [0.4, 0.5) is 0 Å². The highest BCUT2D eigenvalue weighted by molar-refractivity contribution is 5.75. The number of aliphatic hydroxyl groups excluding tert-OH is 5. The molecule has 0 bridgehead atoms. The molecule has 2 heterocycles. The van der Waals surface area contributed by atoms with Gasteiger partial charge in [0.05, 0.1) is 24.7 Å². The van der Waals surface area contributed by atoms with E-state index < -0.39 is 61.5 Å². The van der Waals surface area contributed by atoms with E-state index in [9.17, 15) is 30.3 Å². The molecule has 0 aromatic rings. The first kappa shape index (κ1) is 23.3. The first-order valence-electron chi connectivity index (χ1n) is 10.3. The van der Waals surface area contributed by atoms with Crippen LogP contribution in [0.25, 0.3) is 0 Å². The lowest BCUT2D eigenvalue weighted by Crippen LogP contribution is -2.59. The van der Waals surface area contributed by atoms with Gasteiger partial charge in [-0.15, -0.1) is 0 Å². The Hall–Kier alpha value is -1.33. The molecule has 5 N–H and O–H groups in total. The highest BCUT2D eigenvalue weighted by atomic mass is 16.7. The second-order valence-electron chi connectivity index (χ2n) is 8.55. The molecule has 0 saturated carbocycles. The van der Waals surface area contributed by atoms with Gasteiger partial charge in [-0.2, -0.15) is 0 Å². The molecule has 3 aliphatic rings. The van der Waals surface area contributed by atoms with Crippen LogP contribution >= 0.6 is 0 Å². The summed E-state index contributed by atoms with van der Waals surface area (Å²) in [4.78, 5) is 12.0. The fourth-order valence-corrected chi connectivity index (χ4v) is 4.39. The molecular formula is C21H32O9. The summed E-state index contributed by atoms with van der Waals surface area (Å²) in [5.41, 5.74) is 1.63. The topological polar surface area (TPSA) is 146 Å². The molecule has 170 valence electrons. The number of carbonyl (C=O) groups excluding carboxylic acids is 1. The van der Waals surface area contributed by atoms with Crippen LogP contribution < -0.4 is 0 Å². The lowest BCUT2D eigenvalue weighted by molar-refractivity contribution is -0.308. The number of fused-ring (bicyclic) bond motifs is 1. The van der Waals surface area contributed by atoms with Crippen molar-refractivity contribution in [1.29, 1.82) is 0 Å². The van der Waals surface area contributed by atoms with Crippen molar-refractivity contribution in [3.8, 4) is 0 Å². The van der Waals surface area contributed by atoms with Gasteiger partial charge in [-0.05, 0) is 25.8 Å². The van der Waals surface area contributed by atoms with Gasteiger partial charge in [-0.25, -0.2) is 0 Å². The Kier molecular flexibility index (Phi) is 7.34. The molecular weight excluding hydrogens is 396 g/mol. The standard InChI is InChI=1S/C21H32O9/c1-9-4-5-13(29-21-19(26)18(25)17(24)15(8-22)30-21)10(2)7-12(23)16-11(3)20(27)28-14(16)6-9/h4,7,11-19,21-26H,5-6,8H2,1-3H3. The number of hydrogen-bond acceptors (Lipinski definition) is 9. The quantitative estimate of drug-likeness (QED) is 0.294. The molecule has 9 nitrogen and oxygen atoms in total. The van der Waals surface area contributed by atoms with Crippen LogP contribution in [0.15, 0.2) is 23.3 Å². The van der Waals surface area contributed by atoms with Gasteiger partial charge in [-0.3, -0.25) is 4.79 Å². The maximum Gasteiger partial charge on any atom is 0.309 e. The van der Waals surface area contributed by atoms with E-state index in [-0.39, 0.29) is 11.9 Å². The van der Waals surface area contributed by atoms with E-state index in [2.05, 4.69) is 0 Å². The summed E-state index contributed by atoms with van der Waals surface area (Å²) in [5.74, 6) is -1.15. The molecule has 0 aromatic heterocycles. The summed E-state index contributed by atoms with van der Waals surface area (Å²) >= 11 is 0. The molecule has 2 saturated heterocycles. The van der Waals surface area contributed by atoms with Crippen LogP contribution in [-0.4, -0.2) is 87.1 Å². The number of aliphatic hydroxyl groups is 5. The van der Waals surface area contributed by atoms with Gasteiger partial charge in [0, 0.05) is 12.3 Å². The molecule has 1 aliphatic carbocycles. The van der Waals surface area contributed by atoms with Crippen molar-refractivity contribution in [2.45, 2.75) is 82.6 Å². The predicted octanol–water partition coefficient (Wildman–Crippen LogP) is -0.604. The lowest BCUT2D eigenvalue weighted by atomic mass is 9.82. The minimum absolute atomic E-state index is 0.323. The Labute approximate surface area is 175 Å². The first-order chi connectivity index (χ1) is 14.1. The number of esters is 1. The second kappa shape index (κ2) is 9.44. The van der Waals surface area contributed by atoms with Gasteiger partial charge >= 0.3 is 5.97 Å². The SMILES string of the molecule is CC1=CCC(OC2OC(CO)C(O)C(O)C2O)C(C)=CC(O)C2C(C1)OC(=O)C2C. The smallest absolute Gasteiger partial charge is 0.309 e. The summed E-state index contributed by atoms with van der Waals surface area (Å²) in [5, 5.41) is 50.4. The predicted molar refractivity (Wildman–Crippen MR) is 104 cm³/mol. The van der Waals surface area contributed by atoms with Crippen LogP contribution in [0, 0.1) is 11.8 Å². The van der Waals surface area contributed by atoms with E-state index >= 15 is 0 Å². The van der Waals surface area contributed by atoms with Crippen molar-refractivity contribution >= 4 is 5.97 Å². The lowest BCUT2D eigenvalue weighted by Gasteiger charge is -2.41. The third-order valence-electron chi connectivity index (χ3n) is 6.33. The van der Waals surface area contributed by atoms with Crippen molar-refractivity contribution in [3.63, 3.8) is 0 Å². The zero-order valence-electron chi connectivity index (χ0n) is 17.4. The zero-order valence-corrected chi connectivity index (χ0v) is 17.4. The second-order valence-corrected chi connectivity index (χ2v) is 8.55.